The zero-order valence-electron chi connectivity index (χ0n) is 15.4. The van der Waals surface area contributed by atoms with E-state index in [9.17, 15) is 4.57 Å². The van der Waals surface area contributed by atoms with Gasteiger partial charge in [0, 0.05) is 16.7 Å². The number of nitrogens with one attached hydrogen (secondary N) is 1. The van der Waals surface area contributed by atoms with Gasteiger partial charge in [0.15, 0.2) is 0 Å². The molecule has 0 saturated heterocycles. The fourth-order valence-corrected chi connectivity index (χ4v) is 5.92. The fourth-order valence-electron chi connectivity index (χ4n) is 3.46. The highest BCUT2D eigenvalue weighted by Crippen LogP contribution is 2.41. The molecule has 0 aliphatic heterocycles. The molecule has 132 valence electrons. The van der Waals surface area contributed by atoms with Crippen molar-refractivity contribution >= 4 is 17.9 Å². The van der Waals surface area contributed by atoms with Gasteiger partial charge in [0.25, 0.3) is 0 Å². The molecule has 0 fully saturated rings. The van der Waals surface area contributed by atoms with E-state index in [4.69, 9.17) is 0 Å². The molecule has 0 aromatic heterocycles. The molecule has 2 nitrogen and oxygen atoms in total. The Bertz CT molecular complexity index is 718. The first kappa shape index (κ1) is 18.2. The van der Waals surface area contributed by atoms with E-state index in [0.717, 1.165) is 23.5 Å². The summed E-state index contributed by atoms with van der Waals surface area (Å²) in [6.07, 6.45) is 6.67. The third kappa shape index (κ3) is 4.14. The molecular formula is C22H28NOP. The fraction of sp³-hybridized carbons (Fsp3) is 0.364. The summed E-state index contributed by atoms with van der Waals surface area (Å²) in [5.41, 5.74) is 0.282. The standard InChI is InChI=1S/C22H28NOP/c1-22(2,3)18-14-16-19(17-15-18)23-25(24,20-10-6-4-7-11-20)21-12-8-5-9-13-21/h4-14,16,18-19H,15,17H2,1-3H3,(H,23,24)/t18-,19-/m1/s1. The van der Waals surface area contributed by atoms with Crippen molar-refractivity contribution in [2.24, 2.45) is 11.3 Å². The van der Waals surface area contributed by atoms with Crippen LogP contribution >= 0.6 is 7.29 Å². The molecule has 0 unspecified atom stereocenters. The van der Waals surface area contributed by atoms with E-state index in [1.165, 1.54) is 0 Å². The van der Waals surface area contributed by atoms with Crippen molar-refractivity contribution < 1.29 is 4.57 Å². The van der Waals surface area contributed by atoms with Crippen molar-refractivity contribution in [2.75, 3.05) is 0 Å². The van der Waals surface area contributed by atoms with Crippen molar-refractivity contribution in [1.82, 2.24) is 5.09 Å². The minimum atomic E-state index is -2.85. The maximum atomic E-state index is 14.0. The normalized spacial score (nSPS) is 21.2. The molecule has 3 rings (SSSR count). The number of benzene rings is 2. The maximum absolute atomic E-state index is 14.0. The lowest BCUT2D eigenvalue weighted by atomic mass is 9.75. The lowest BCUT2D eigenvalue weighted by molar-refractivity contribution is 0.261. The molecule has 0 saturated carbocycles. The average molecular weight is 353 g/mol. The van der Waals surface area contributed by atoms with Crippen LogP contribution in [0.1, 0.15) is 33.6 Å². The SMILES string of the molecule is CC(C)(C)[C@@H]1C=C[C@@H](NP(=O)(c2ccccc2)c2ccccc2)CC1. The van der Waals surface area contributed by atoms with Crippen molar-refractivity contribution in [1.29, 1.82) is 0 Å². The summed E-state index contributed by atoms with van der Waals surface area (Å²) >= 11 is 0. The largest absolute Gasteiger partial charge is 0.297 e. The second-order valence-electron chi connectivity index (χ2n) is 7.95. The first-order valence-corrected chi connectivity index (χ1v) is 10.8. The van der Waals surface area contributed by atoms with E-state index in [1.807, 2.05) is 60.7 Å². The lowest BCUT2D eigenvalue weighted by Crippen LogP contribution is -2.36. The molecule has 3 heteroatoms. The molecule has 1 aliphatic rings. The van der Waals surface area contributed by atoms with Crippen LogP contribution in [0, 0.1) is 11.3 Å². The van der Waals surface area contributed by atoms with E-state index in [-0.39, 0.29) is 11.5 Å². The van der Waals surface area contributed by atoms with Crippen LogP contribution in [0.25, 0.3) is 0 Å². The number of hydrogen-bond donors (Lipinski definition) is 1. The Hall–Kier alpha value is -1.63. The van der Waals surface area contributed by atoms with Crippen LogP contribution in [0.15, 0.2) is 72.8 Å². The van der Waals surface area contributed by atoms with Crippen LogP contribution in [0.4, 0.5) is 0 Å². The van der Waals surface area contributed by atoms with E-state index in [0.29, 0.717) is 5.92 Å². The van der Waals surface area contributed by atoms with Crippen molar-refractivity contribution in [2.45, 2.75) is 39.7 Å². The average Bonchev–Trinajstić information content (AvgIpc) is 2.63. The van der Waals surface area contributed by atoms with Crippen LogP contribution in [0.3, 0.4) is 0 Å². The minimum Gasteiger partial charge on any atom is -0.297 e. The van der Waals surface area contributed by atoms with Gasteiger partial charge in [-0.1, -0.05) is 69.3 Å². The third-order valence-corrected chi connectivity index (χ3v) is 7.81. The first-order valence-electron chi connectivity index (χ1n) is 9.07. The van der Waals surface area contributed by atoms with Gasteiger partial charge in [-0.05, 0) is 48.4 Å². The smallest absolute Gasteiger partial charge is 0.205 e. The summed E-state index contributed by atoms with van der Waals surface area (Å²) in [7, 11) is -2.85. The number of rotatable bonds is 4. The van der Waals surface area contributed by atoms with Crippen LogP contribution in [0.2, 0.25) is 0 Å². The Morgan fingerprint density at radius 2 is 1.36 bits per heavy atom. The van der Waals surface area contributed by atoms with Gasteiger partial charge in [-0.25, -0.2) is 0 Å². The highest BCUT2D eigenvalue weighted by atomic mass is 31.2. The van der Waals surface area contributed by atoms with Gasteiger partial charge in [-0.15, -0.1) is 0 Å². The molecule has 2 atom stereocenters. The van der Waals surface area contributed by atoms with Gasteiger partial charge in [0.1, 0.15) is 0 Å². The quantitative estimate of drug-likeness (QED) is 0.627. The van der Waals surface area contributed by atoms with E-state index in [1.54, 1.807) is 0 Å². The number of allylic oxidation sites excluding steroid dienone is 1. The second-order valence-corrected chi connectivity index (χ2v) is 10.5. The summed E-state index contributed by atoms with van der Waals surface area (Å²) in [6.45, 7) is 6.86. The molecule has 1 N–H and O–H groups in total. The zero-order chi connectivity index (χ0) is 17.9. The molecule has 0 amide bonds. The van der Waals surface area contributed by atoms with Gasteiger partial charge < -0.3 is 0 Å². The lowest BCUT2D eigenvalue weighted by Gasteiger charge is -2.34. The molecular weight excluding hydrogens is 325 g/mol. The highest BCUT2D eigenvalue weighted by molar-refractivity contribution is 7.76. The summed E-state index contributed by atoms with van der Waals surface area (Å²) in [5.74, 6) is 0.582. The van der Waals surface area contributed by atoms with Crippen LogP contribution < -0.4 is 15.7 Å². The van der Waals surface area contributed by atoms with E-state index >= 15 is 0 Å². The molecule has 0 heterocycles. The van der Waals surface area contributed by atoms with Crippen LogP contribution in [-0.2, 0) is 4.57 Å². The molecule has 2 aromatic carbocycles. The van der Waals surface area contributed by atoms with Crippen molar-refractivity contribution in [3.05, 3.63) is 72.8 Å². The predicted molar refractivity (Wildman–Crippen MR) is 108 cm³/mol. The van der Waals surface area contributed by atoms with E-state index in [2.05, 4.69) is 38.0 Å². The molecule has 0 spiro atoms. The van der Waals surface area contributed by atoms with Gasteiger partial charge in [-0.2, -0.15) is 0 Å². The minimum absolute atomic E-state index is 0.143. The van der Waals surface area contributed by atoms with Gasteiger partial charge in [0.2, 0.25) is 7.29 Å². The Kier molecular flexibility index (Phi) is 5.32. The monoisotopic (exact) mass is 353 g/mol. The van der Waals surface area contributed by atoms with Gasteiger partial charge >= 0.3 is 0 Å². The summed E-state index contributed by atoms with van der Waals surface area (Å²) < 4.78 is 14.0. The maximum Gasteiger partial charge on any atom is 0.205 e. The van der Waals surface area contributed by atoms with Crippen LogP contribution in [-0.4, -0.2) is 6.04 Å². The van der Waals surface area contributed by atoms with Gasteiger partial charge in [0.05, 0.1) is 0 Å². The third-order valence-electron chi connectivity index (χ3n) is 5.06. The van der Waals surface area contributed by atoms with Crippen molar-refractivity contribution in [3.8, 4) is 0 Å². The number of hydrogen-bond acceptors (Lipinski definition) is 1. The topological polar surface area (TPSA) is 29.1 Å². The zero-order valence-corrected chi connectivity index (χ0v) is 16.2. The predicted octanol–water partition coefficient (Wildman–Crippen LogP) is 4.89. The molecule has 0 radical (unpaired) electrons. The first-order chi connectivity index (χ1) is 11.9. The molecule has 0 bridgehead atoms. The Labute approximate surface area is 151 Å². The Morgan fingerprint density at radius 1 is 0.840 bits per heavy atom. The molecule has 25 heavy (non-hydrogen) atoms. The van der Waals surface area contributed by atoms with E-state index < -0.39 is 7.29 Å². The second kappa shape index (κ2) is 7.32. The Morgan fingerprint density at radius 3 is 1.76 bits per heavy atom. The van der Waals surface area contributed by atoms with Gasteiger partial charge in [-0.3, -0.25) is 9.65 Å². The molecule has 1 aliphatic carbocycles. The summed E-state index contributed by atoms with van der Waals surface area (Å²) in [6, 6.07) is 19.8. The summed E-state index contributed by atoms with van der Waals surface area (Å²) in [5, 5.41) is 5.24. The Balaban J connectivity index is 1.89. The summed E-state index contributed by atoms with van der Waals surface area (Å²) in [4.78, 5) is 0. The van der Waals surface area contributed by atoms with Crippen molar-refractivity contribution in [3.63, 3.8) is 0 Å². The molecule has 2 aromatic rings. The highest BCUT2D eigenvalue weighted by Gasteiger charge is 2.32. The van der Waals surface area contributed by atoms with Crippen LogP contribution in [0.5, 0.6) is 0 Å².